The fourth-order valence-electron chi connectivity index (χ4n) is 1.54. The zero-order valence-electron chi connectivity index (χ0n) is 9.95. The first kappa shape index (κ1) is 13.8. The monoisotopic (exact) mass is 282 g/mol. The Labute approximate surface area is 111 Å². The van der Waals surface area contributed by atoms with Gasteiger partial charge in [-0.2, -0.15) is 0 Å². The molecule has 0 fully saturated rings. The van der Waals surface area contributed by atoms with Crippen LogP contribution in [0.25, 0.3) is 0 Å². The van der Waals surface area contributed by atoms with Crippen molar-refractivity contribution in [1.29, 1.82) is 0 Å². The summed E-state index contributed by atoms with van der Waals surface area (Å²) in [5.74, 6) is 1.14. The summed E-state index contributed by atoms with van der Waals surface area (Å²) in [6.07, 6.45) is 1.17. The largest absolute Gasteiger partial charge is 0.322 e. The molecular weight excluding hydrogens is 273 g/mol. The van der Waals surface area contributed by atoms with E-state index in [-0.39, 0.29) is 17.1 Å². The second kappa shape index (κ2) is 5.57. The van der Waals surface area contributed by atoms with E-state index in [0.29, 0.717) is 6.07 Å². The van der Waals surface area contributed by atoms with Crippen molar-refractivity contribution in [3.63, 3.8) is 0 Å². The molecule has 4 N–H and O–H groups in total. The van der Waals surface area contributed by atoms with E-state index in [1.54, 1.807) is 0 Å². The van der Waals surface area contributed by atoms with E-state index in [2.05, 4.69) is 10.3 Å². The topological polar surface area (TPSA) is 80.0 Å². The minimum absolute atomic E-state index is 0.133. The molecule has 0 unspecified atom stereocenters. The number of carbonyl (C=O) groups excluding carboxylic acids is 1. The Hall–Kier alpha value is -2.61. The molecule has 1 aromatic heterocycles. The zero-order chi connectivity index (χ0) is 14.7. The average molecular weight is 282 g/mol. The van der Waals surface area contributed by atoms with E-state index in [9.17, 15) is 18.0 Å². The Morgan fingerprint density at radius 1 is 1.15 bits per heavy atom. The summed E-state index contributed by atoms with van der Waals surface area (Å²) in [6, 6.07) is 3.57. The number of nitrogen functional groups attached to an aromatic ring is 1. The quantitative estimate of drug-likeness (QED) is 0.594. The average Bonchev–Trinajstić information content (AvgIpc) is 2.37. The van der Waals surface area contributed by atoms with Crippen molar-refractivity contribution in [2.24, 2.45) is 5.84 Å². The number of pyridine rings is 1. The van der Waals surface area contributed by atoms with Gasteiger partial charge in [-0.25, -0.2) is 24.0 Å². The van der Waals surface area contributed by atoms with Crippen molar-refractivity contribution in [2.75, 3.05) is 10.7 Å². The maximum Gasteiger partial charge on any atom is 0.258 e. The lowest BCUT2D eigenvalue weighted by Crippen LogP contribution is -2.17. The molecular formula is C12H9F3N4O. The number of nitrogens with two attached hydrogens (primary N) is 1. The molecule has 0 aliphatic carbocycles. The summed E-state index contributed by atoms with van der Waals surface area (Å²) < 4.78 is 39.7. The molecule has 20 heavy (non-hydrogen) atoms. The number of rotatable bonds is 3. The normalized spacial score (nSPS) is 10.2. The second-order valence-electron chi connectivity index (χ2n) is 3.78. The molecule has 5 nitrogen and oxygen atoms in total. The molecule has 0 saturated carbocycles. The number of halogens is 3. The highest BCUT2D eigenvalue weighted by atomic mass is 19.1. The summed E-state index contributed by atoms with van der Waals surface area (Å²) >= 11 is 0. The Morgan fingerprint density at radius 3 is 2.40 bits per heavy atom. The van der Waals surface area contributed by atoms with Gasteiger partial charge in [-0.15, -0.1) is 0 Å². The van der Waals surface area contributed by atoms with Gasteiger partial charge in [-0.3, -0.25) is 4.79 Å². The molecule has 0 aliphatic heterocycles. The van der Waals surface area contributed by atoms with E-state index in [0.717, 1.165) is 18.2 Å². The molecule has 1 heterocycles. The van der Waals surface area contributed by atoms with Crippen LogP contribution in [-0.4, -0.2) is 10.9 Å². The Bertz CT molecular complexity index is 643. The smallest absolute Gasteiger partial charge is 0.258 e. The summed E-state index contributed by atoms with van der Waals surface area (Å²) in [5, 5.41) is 2.18. The molecule has 0 radical (unpaired) electrons. The molecule has 104 valence electrons. The van der Waals surface area contributed by atoms with Crippen LogP contribution in [-0.2, 0) is 0 Å². The minimum atomic E-state index is -0.968. The first-order chi connectivity index (χ1) is 9.51. The van der Waals surface area contributed by atoms with Crippen LogP contribution in [0.4, 0.5) is 24.7 Å². The third kappa shape index (κ3) is 2.86. The summed E-state index contributed by atoms with van der Waals surface area (Å²) in [5.41, 5.74) is 1.49. The van der Waals surface area contributed by atoms with E-state index in [1.165, 1.54) is 6.20 Å². The van der Waals surface area contributed by atoms with Gasteiger partial charge in [0.2, 0.25) is 0 Å². The maximum absolute atomic E-state index is 13.8. The van der Waals surface area contributed by atoms with Crippen LogP contribution < -0.4 is 16.6 Å². The van der Waals surface area contributed by atoms with Crippen LogP contribution in [0.15, 0.2) is 30.5 Å². The lowest BCUT2D eigenvalue weighted by atomic mass is 10.2. The van der Waals surface area contributed by atoms with Crippen molar-refractivity contribution in [2.45, 2.75) is 0 Å². The van der Waals surface area contributed by atoms with Crippen molar-refractivity contribution in [1.82, 2.24) is 4.98 Å². The van der Waals surface area contributed by atoms with E-state index in [1.807, 2.05) is 5.43 Å². The highest BCUT2D eigenvalue weighted by Gasteiger charge is 2.16. The van der Waals surface area contributed by atoms with Gasteiger partial charge in [-0.1, -0.05) is 0 Å². The highest BCUT2D eigenvalue weighted by molar-refractivity contribution is 6.04. The van der Waals surface area contributed by atoms with Gasteiger partial charge < -0.3 is 10.7 Å². The number of benzene rings is 1. The highest BCUT2D eigenvalue weighted by Crippen LogP contribution is 2.17. The van der Waals surface area contributed by atoms with Crippen molar-refractivity contribution < 1.29 is 18.0 Å². The Morgan fingerprint density at radius 2 is 1.80 bits per heavy atom. The molecule has 0 saturated heterocycles. The fraction of sp³-hybridized carbons (Fsp3) is 0. The van der Waals surface area contributed by atoms with Crippen LogP contribution in [0.5, 0.6) is 0 Å². The standard InChI is InChI=1S/C12H9F3N4O/c13-6-3-7(14)5-8(4-6)18-12(20)9-1-2-17-11(19-16)10(9)15/h1-5H,16H2,(H,17,19)(H,18,20). The second-order valence-corrected chi connectivity index (χ2v) is 3.78. The van der Waals surface area contributed by atoms with Crippen LogP contribution in [0.2, 0.25) is 0 Å². The number of hydrazine groups is 1. The van der Waals surface area contributed by atoms with Gasteiger partial charge in [0.05, 0.1) is 5.56 Å². The van der Waals surface area contributed by atoms with E-state index < -0.39 is 23.4 Å². The summed E-state index contributed by atoms with van der Waals surface area (Å²) in [4.78, 5) is 15.4. The zero-order valence-corrected chi connectivity index (χ0v) is 9.95. The molecule has 0 spiro atoms. The van der Waals surface area contributed by atoms with Gasteiger partial charge in [-0.05, 0) is 18.2 Å². The Balaban J connectivity index is 2.28. The van der Waals surface area contributed by atoms with Gasteiger partial charge in [0.1, 0.15) is 11.6 Å². The number of aromatic nitrogens is 1. The minimum Gasteiger partial charge on any atom is -0.322 e. The number of amides is 1. The molecule has 1 aromatic carbocycles. The molecule has 1 amide bonds. The van der Waals surface area contributed by atoms with E-state index >= 15 is 0 Å². The van der Waals surface area contributed by atoms with Gasteiger partial charge in [0.25, 0.3) is 5.91 Å². The van der Waals surface area contributed by atoms with Crippen molar-refractivity contribution in [3.8, 4) is 0 Å². The van der Waals surface area contributed by atoms with Crippen LogP contribution >= 0.6 is 0 Å². The maximum atomic E-state index is 13.8. The van der Waals surface area contributed by atoms with Gasteiger partial charge in [0, 0.05) is 18.0 Å². The first-order valence-corrected chi connectivity index (χ1v) is 5.40. The molecule has 0 bridgehead atoms. The summed E-state index contributed by atoms with van der Waals surface area (Å²) in [7, 11) is 0. The lowest BCUT2D eigenvalue weighted by molar-refractivity contribution is 0.102. The molecule has 8 heteroatoms. The third-order valence-corrected chi connectivity index (χ3v) is 2.39. The number of hydrogen-bond acceptors (Lipinski definition) is 4. The van der Waals surface area contributed by atoms with Crippen molar-refractivity contribution in [3.05, 3.63) is 53.5 Å². The molecule has 2 aromatic rings. The van der Waals surface area contributed by atoms with Crippen molar-refractivity contribution >= 4 is 17.4 Å². The predicted octanol–water partition coefficient (Wildman–Crippen LogP) is 2.04. The number of nitrogens with zero attached hydrogens (tertiary/aromatic N) is 1. The van der Waals surface area contributed by atoms with E-state index in [4.69, 9.17) is 5.84 Å². The SMILES string of the molecule is NNc1nccc(C(=O)Nc2cc(F)cc(F)c2)c1F. The number of carbonyl (C=O) groups is 1. The van der Waals surface area contributed by atoms with Crippen LogP contribution in [0, 0.1) is 17.5 Å². The van der Waals surface area contributed by atoms with Gasteiger partial charge >= 0.3 is 0 Å². The fourth-order valence-corrected chi connectivity index (χ4v) is 1.54. The molecule has 0 atom stereocenters. The Kier molecular flexibility index (Phi) is 3.85. The third-order valence-electron chi connectivity index (χ3n) is 2.39. The van der Waals surface area contributed by atoms with Crippen LogP contribution in [0.3, 0.4) is 0 Å². The lowest BCUT2D eigenvalue weighted by Gasteiger charge is -2.08. The number of anilines is 2. The van der Waals surface area contributed by atoms with Gasteiger partial charge in [0.15, 0.2) is 11.6 Å². The number of nitrogens with one attached hydrogen (secondary N) is 2. The molecule has 0 aliphatic rings. The van der Waals surface area contributed by atoms with Crippen LogP contribution in [0.1, 0.15) is 10.4 Å². The predicted molar refractivity (Wildman–Crippen MR) is 66.3 cm³/mol. The number of hydrogen-bond donors (Lipinski definition) is 3. The molecule has 2 rings (SSSR count). The summed E-state index contributed by atoms with van der Waals surface area (Å²) in [6.45, 7) is 0. The first-order valence-electron chi connectivity index (χ1n) is 5.40.